The number of carboxylic acids is 1. The van der Waals surface area contributed by atoms with Crippen LogP contribution in [-0.2, 0) is 14.3 Å². The van der Waals surface area contributed by atoms with Crippen LogP contribution in [0, 0.1) is 16.0 Å². The molecular formula is C24H20N2O6. The monoisotopic (exact) mass is 432 g/mol. The average Bonchev–Trinajstić information content (AvgIpc) is 3.11. The zero-order valence-electron chi connectivity index (χ0n) is 16.9. The lowest BCUT2D eigenvalue weighted by molar-refractivity contribution is -0.385. The van der Waals surface area contributed by atoms with Gasteiger partial charge in [-0.15, -0.1) is 0 Å². The molecule has 0 spiro atoms. The molecule has 0 saturated heterocycles. The number of fused-ring (bicyclic) bond motifs is 3. The Morgan fingerprint density at radius 3 is 2.06 bits per heavy atom. The van der Waals surface area contributed by atoms with E-state index in [0.29, 0.717) is 0 Å². The minimum absolute atomic E-state index is 0.0431. The number of nitro benzene ring substituents is 1. The molecule has 0 radical (unpaired) electrons. The van der Waals surface area contributed by atoms with Gasteiger partial charge in [0, 0.05) is 17.5 Å². The summed E-state index contributed by atoms with van der Waals surface area (Å²) in [5.41, 5.74) is 9.68. The van der Waals surface area contributed by atoms with Gasteiger partial charge in [0.2, 0.25) is 0 Å². The summed E-state index contributed by atoms with van der Waals surface area (Å²) < 4.78 is 5.44. The first kappa shape index (κ1) is 21.2. The van der Waals surface area contributed by atoms with E-state index in [1.807, 2.05) is 48.5 Å². The molecule has 32 heavy (non-hydrogen) atoms. The van der Waals surface area contributed by atoms with Gasteiger partial charge in [0.15, 0.2) is 5.92 Å². The summed E-state index contributed by atoms with van der Waals surface area (Å²) >= 11 is 0. The van der Waals surface area contributed by atoms with Crippen LogP contribution in [-0.4, -0.2) is 28.6 Å². The molecule has 0 fully saturated rings. The standard InChI is InChI=1S/C24H20N2O6/c25-22(18-11-5-6-12-20(18)26(30)31)21(23(27)28)24(29)32-13-19-16-9-3-1-7-14(16)15-8-2-4-10-17(15)19/h1-12,19,21-22H,13,25H2,(H,27,28)/t21-,22+/m1/s1. The maximum atomic E-state index is 12.8. The van der Waals surface area contributed by atoms with Crippen molar-refractivity contribution in [3.05, 3.63) is 99.6 Å². The molecular weight excluding hydrogens is 412 g/mol. The fourth-order valence-corrected chi connectivity index (χ4v) is 4.21. The fraction of sp³-hybridized carbons (Fsp3) is 0.167. The van der Waals surface area contributed by atoms with Crippen molar-refractivity contribution in [2.45, 2.75) is 12.0 Å². The quantitative estimate of drug-likeness (QED) is 0.252. The van der Waals surface area contributed by atoms with Gasteiger partial charge in [0.05, 0.1) is 11.0 Å². The Balaban J connectivity index is 1.58. The molecule has 3 N–H and O–H groups in total. The molecule has 3 aromatic rings. The lowest BCUT2D eigenvalue weighted by Gasteiger charge is -2.21. The summed E-state index contributed by atoms with van der Waals surface area (Å²) in [5, 5.41) is 21.0. The third-order valence-corrected chi connectivity index (χ3v) is 5.73. The van der Waals surface area contributed by atoms with Gasteiger partial charge in [-0.25, -0.2) is 0 Å². The van der Waals surface area contributed by atoms with Gasteiger partial charge in [-0.3, -0.25) is 19.7 Å². The topological polar surface area (TPSA) is 133 Å². The molecule has 0 amide bonds. The molecule has 0 saturated carbocycles. The number of hydrogen-bond donors (Lipinski definition) is 2. The van der Waals surface area contributed by atoms with E-state index in [-0.39, 0.29) is 23.8 Å². The highest BCUT2D eigenvalue weighted by Crippen LogP contribution is 2.44. The number of esters is 1. The molecule has 0 aromatic heterocycles. The number of nitrogens with two attached hydrogens (primary N) is 1. The van der Waals surface area contributed by atoms with Crippen LogP contribution in [0.1, 0.15) is 28.7 Å². The van der Waals surface area contributed by atoms with Crippen LogP contribution in [0.2, 0.25) is 0 Å². The molecule has 0 heterocycles. The number of aliphatic carboxylic acids is 1. The smallest absolute Gasteiger partial charge is 0.322 e. The number of para-hydroxylation sites is 1. The predicted octanol–water partition coefficient (Wildman–Crippen LogP) is 3.65. The van der Waals surface area contributed by atoms with Crippen LogP contribution in [0.3, 0.4) is 0 Å². The van der Waals surface area contributed by atoms with E-state index in [2.05, 4.69) is 0 Å². The lowest BCUT2D eigenvalue weighted by Crippen LogP contribution is -2.36. The van der Waals surface area contributed by atoms with Gasteiger partial charge in [-0.05, 0) is 22.3 Å². The zero-order chi connectivity index (χ0) is 22.8. The third-order valence-electron chi connectivity index (χ3n) is 5.73. The Labute approximate surface area is 183 Å². The van der Waals surface area contributed by atoms with Crippen molar-refractivity contribution in [2.75, 3.05) is 6.61 Å². The molecule has 3 aromatic carbocycles. The second kappa shape index (κ2) is 8.60. The van der Waals surface area contributed by atoms with Crippen molar-refractivity contribution in [2.24, 2.45) is 11.7 Å². The maximum Gasteiger partial charge on any atom is 0.322 e. The molecule has 8 heteroatoms. The molecule has 162 valence electrons. The van der Waals surface area contributed by atoms with E-state index >= 15 is 0 Å². The Hall–Kier alpha value is -4.04. The van der Waals surface area contributed by atoms with Crippen LogP contribution in [0.5, 0.6) is 0 Å². The molecule has 2 atom stereocenters. The Morgan fingerprint density at radius 2 is 1.50 bits per heavy atom. The predicted molar refractivity (Wildman–Crippen MR) is 116 cm³/mol. The maximum absolute atomic E-state index is 12.8. The van der Waals surface area contributed by atoms with E-state index in [0.717, 1.165) is 22.3 Å². The Kier molecular flexibility index (Phi) is 5.70. The molecule has 0 unspecified atom stereocenters. The number of nitrogens with zero attached hydrogens (tertiary/aromatic N) is 1. The zero-order valence-corrected chi connectivity index (χ0v) is 16.9. The van der Waals surface area contributed by atoms with Gasteiger partial charge >= 0.3 is 11.9 Å². The second-order valence-corrected chi connectivity index (χ2v) is 7.51. The van der Waals surface area contributed by atoms with Crippen molar-refractivity contribution < 1.29 is 24.4 Å². The number of carbonyl (C=O) groups is 2. The molecule has 1 aliphatic rings. The van der Waals surface area contributed by atoms with Crippen LogP contribution in [0.25, 0.3) is 11.1 Å². The highest BCUT2D eigenvalue weighted by atomic mass is 16.6. The summed E-state index contributed by atoms with van der Waals surface area (Å²) in [6.45, 7) is -0.0692. The number of benzene rings is 3. The van der Waals surface area contributed by atoms with Crippen molar-refractivity contribution in [3.63, 3.8) is 0 Å². The Morgan fingerprint density at radius 1 is 0.969 bits per heavy atom. The van der Waals surface area contributed by atoms with E-state index in [4.69, 9.17) is 10.5 Å². The van der Waals surface area contributed by atoms with Crippen molar-refractivity contribution in [1.29, 1.82) is 0 Å². The van der Waals surface area contributed by atoms with E-state index in [1.54, 1.807) is 0 Å². The molecule has 8 nitrogen and oxygen atoms in total. The number of carbonyl (C=O) groups excluding carboxylic acids is 1. The lowest BCUT2D eigenvalue weighted by atomic mass is 9.92. The van der Waals surface area contributed by atoms with E-state index in [1.165, 1.54) is 24.3 Å². The second-order valence-electron chi connectivity index (χ2n) is 7.51. The largest absolute Gasteiger partial charge is 0.481 e. The summed E-state index contributed by atoms with van der Waals surface area (Å²) in [6, 6.07) is 19.6. The minimum Gasteiger partial charge on any atom is -0.481 e. The molecule has 4 rings (SSSR count). The minimum atomic E-state index is -1.79. The van der Waals surface area contributed by atoms with Crippen LogP contribution >= 0.6 is 0 Å². The van der Waals surface area contributed by atoms with Gasteiger partial charge < -0.3 is 15.6 Å². The fourth-order valence-electron chi connectivity index (χ4n) is 4.21. The van der Waals surface area contributed by atoms with Crippen LogP contribution in [0.15, 0.2) is 72.8 Å². The highest BCUT2D eigenvalue weighted by Gasteiger charge is 2.39. The molecule has 0 bridgehead atoms. The van der Waals surface area contributed by atoms with Crippen molar-refractivity contribution >= 4 is 17.6 Å². The summed E-state index contributed by atoms with van der Waals surface area (Å²) in [7, 11) is 0. The van der Waals surface area contributed by atoms with Gasteiger partial charge in [0.25, 0.3) is 5.69 Å². The number of nitro groups is 1. The van der Waals surface area contributed by atoms with Gasteiger partial charge in [0.1, 0.15) is 6.61 Å². The number of rotatable bonds is 7. The highest BCUT2D eigenvalue weighted by molar-refractivity contribution is 5.95. The van der Waals surface area contributed by atoms with Crippen LogP contribution < -0.4 is 5.73 Å². The van der Waals surface area contributed by atoms with Crippen molar-refractivity contribution in [1.82, 2.24) is 0 Å². The number of ether oxygens (including phenoxy) is 1. The third kappa shape index (κ3) is 3.72. The SMILES string of the molecule is N[C@@H](c1ccccc1[N+](=O)[O-])[C@H](C(=O)O)C(=O)OCC1c2ccccc2-c2ccccc21. The first-order valence-electron chi connectivity index (χ1n) is 9.96. The summed E-state index contributed by atoms with van der Waals surface area (Å²) in [6.07, 6.45) is 0. The first-order valence-corrected chi connectivity index (χ1v) is 9.96. The molecule has 0 aliphatic heterocycles. The van der Waals surface area contributed by atoms with Gasteiger partial charge in [-0.1, -0.05) is 66.7 Å². The number of carboxylic acid groups (broad SMARTS) is 1. The average molecular weight is 432 g/mol. The molecule has 1 aliphatic carbocycles. The normalized spacial score (nSPS) is 14.2. The van der Waals surface area contributed by atoms with Crippen LogP contribution in [0.4, 0.5) is 5.69 Å². The van der Waals surface area contributed by atoms with Gasteiger partial charge in [-0.2, -0.15) is 0 Å². The summed E-state index contributed by atoms with van der Waals surface area (Å²) in [5.74, 6) is -4.58. The van der Waals surface area contributed by atoms with E-state index in [9.17, 15) is 24.8 Å². The number of hydrogen-bond acceptors (Lipinski definition) is 6. The first-order chi connectivity index (χ1) is 15.4. The van der Waals surface area contributed by atoms with Crippen molar-refractivity contribution in [3.8, 4) is 11.1 Å². The Bertz CT molecular complexity index is 1160. The van der Waals surface area contributed by atoms with E-state index < -0.39 is 28.8 Å². The summed E-state index contributed by atoms with van der Waals surface area (Å²) in [4.78, 5) is 35.3.